The van der Waals surface area contributed by atoms with Gasteiger partial charge in [0.25, 0.3) is 0 Å². The lowest BCUT2D eigenvalue weighted by molar-refractivity contribution is 0.865. The predicted molar refractivity (Wildman–Crippen MR) is 120 cm³/mol. The number of hydrogen-bond acceptors (Lipinski definition) is 1. The highest BCUT2D eigenvalue weighted by atomic mass is 14.9. The predicted octanol–water partition coefficient (Wildman–Crippen LogP) is 7.51. The lowest BCUT2D eigenvalue weighted by Crippen LogP contribution is -1.98. The molecule has 0 N–H and O–H groups in total. The third kappa shape index (κ3) is 2.11. The van der Waals surface area contributed by atoms with Gasteiger partial charge in [0.2, 0.25) is 0 Å². The summed E-state index contributed by atoms with van der Waals surface area (Å²) in [4.78, 5) is 3.84. The van der Waals surface area contributed by atoms with Crippen LogP contribution in [0.3, 0.4) is 0 Å². The fourth-order valence-corrected chi connectivity index (χ4v) is 5.03. The van der Waals surface area contributed by atoms with Crippen molar-refractivity contribution < 1.29 is 0 Å². The number of nitrogens with zero attached hydrogens (tertiary/aromatic N) is 3. The Morgan fingerprint density at radius 2 is 1.34 bits per heavy atom. The molecule has 0 saturated carbocycles. The van der Waals surface area contributed by atoms with Gasteiger partial charge in [-0.05, 0) is 29.0 Å². The van der Waals surface area contributed by atoms with E-state index >= 15 is 0 Å². The molecule has 5 aromatic rings. The summed E-state index contributed by atoms with van der Waals surface area (Å²) in [5.41, 5.74) is 7.04. The topological polar surface area (TPSA) is 32.6 Å². The molecule has 0 amide bonds. The third-order valence-electron chi connectivity index (χ3n) is 6.09. The van der Waals surface area contributed by atoms with E-state index in [0.29, 0.717) is 5.69 Å². The first kappa shape index (κ1) is 17.5. The molecule has 3 aromatic carbocycles. The maximum Gasteiger partial charge on any atom is 0.192 e. The second kappa shape index (κ2) is 5.97. The Bertz CT molecular complexity index is 1410. The third-order valence-corrected chi connectivity index (χ3v) is 6.09. The van der Waals surface area contributed by atoms with Crippen molar-refractivity contribution in [1.29, 1.82) is 5.26 Å². The Morgan fingerprint density at radius 1 is 0.793 bits per heavy atom. The molecule has 0 bridgehead atoms. The molecule has 0 fully saturated rings. The van der Waals surface area contributed by atoms with Crippen LogP contribution >= 0.6 is 0 Å². The van der Waals surface area contributed by atoms with Gasteiger partial charge in [0.05, 0.1) is 29.2 Å². The van der Waals surface area contributed by atoms with Crippen LogP contribution in [0.2, 0.25) is 0 Å². The zero-order chi connectivity index (χ0) is 20.4. The van der Waals surface area contributed by atoms with Gasteiger partial charge in [0.1, 0.15) is 0 Å². The molecular formula is C26H21N3. The molecule has 0 saturated heterocycles. The van der Waals surface area contributed by atoms with Gasteiger partial charge < -0.3 is 4.40 Å². The smallest absolute Gasteiger partial charge is 0.192 e. The van der Waals surface area contributed by atoms with Gasteiger partial charge in [-0.2, -0.15) is 5.26 Å². The van der Waals surface area contributed by atoms with Crippen LogP contribution < -0.4 is 0 Å². The second-order valence-electron chi connectivity index (χ2n) is 8.39. The van der Waals surface area contributed by atoms with Crippen LogP contribution in [0.25, 0.3) is 42.9 Å². The Hall–Kier alpha value is -3.56. The van der Waals surface area contributed by atoms with Gasteiger partial charge in [-0.3, -0.25) is 0 Å². The minimum Gasteiger partial charge on any atom is -0.309 e. The lowest BCUT2D eigenvalue weighted by atomic mass is 9.93. The first-order chi connectivity index (χ1) is 14.0. The van der Waals surface area contributed by atoms with E-state index in [0.717, 1.165) is 27.7 Å². The van der Waals surface area contributed by atoms with Crippen molar-refractivity contribution in [2.75, 3.05) is 0 Å². The Morgan fingerprint density at radius 3 is 1.90 bits per heavy atom. The van der Waals surface area contributed by atoms with Crippen LogP contribution in [0, 0.1) is 17.9 Å². The van der Waals surface area contributed by atoms with Crippen LogP contribution in [0.4, 0.5) is 5.69 Å². The standard InChI is InChI=1S/C26H21N3/c1-14(2)22-16(13-27)9-10-19-17-7-6-8-18-20-11-12-21(28-5)23(15(3)4)26(20)29(24(17)18)25(19)22/h6-12,14-15H,1-4H3. The highest BCUT2D eigenvalue weighted by Gasteiger charge is 2.24. The average molecular weight is 375 g/mol. The zero-order valence-corrected chi connectivity index (χ0v) is 17.0. The second-order valence-corrected chi connectivity index (χ2v) is 8.39. The molecule has 0 spiro atoms. The van der Waals surface area contributed by atoms with E-state index in [2.05, 4.69) is 73.3 Å². The Labute approximate surface area is 169 Å². The summed E-state index contributed by atoms with van der Waals surface area (Å²) in [6, 6.07) is 16.9. The van der Waals surface area contributed by atoms with Gasteiger partial charge in [-0.25, -0.2) is 4.85 Å². The summed E-state index contributed by atoms with van der Waals surface area (Å²) in [5, 5.41) is 14.6. The number of hydrogen-bond donors (Lipinski definition) is 0. The zero-order valence-electron chi connectivity index (χ0n) is 17.0. The number of para-hydroxylation sites is 1. The quantitative estimate of drug-likeness (QED) is 0.294. The summed E-state index contributed by atoms with van der Waals surface area (Å²) in [6.45, 7) is 16.3. The number of fused-ring (bicyclic) bond motifs is 6. The summed E-state index contributed by atoms with van der Waals surface area (Å²) < 4.78 is 2.34. The molecule has 0 atom stereocenters. The molecule has 3 heteroatoms. The molecule has 0 radical (unpaired) electrons. The van der Waals surface area contributed by atoms with Crippen molar-refractivity contribution in [2.45, 2.75) is 39.5 Å². The summed E-state index contributed by atoms with van der Waals surface area (Å²) >= 11 is 0. The normalized spacial score (nSPS) is 12.0. The molecule has 0 unspecified atom stereocenters. The number of aromatic nitrogens is 1. The first-order valence-electron chi connectivity index (χ1n) is 10.0. The van der Waals surface area contributed by atoms with Crippen LogP contribution in [0.5, 0.6) is 0 Å². The lowest BCUT2D eigenvalue weighted by Gasteiger charge is -2.14. The van der Waals surface area contributed by atoms with E-state index in [-0.39, 0.29) is 11.8 Å². The van der Waals surface area contributed by atoms with Crippen LogP contribution in [0.15, 0.2) is 42.5 Å². The number of benzene rings is 3. The maximum atomic E-state index is 9.80. The molecular weight excluding hydrogens is 354 g/mol. The first-order valence-corrected chi connectivity index (χ1v) is 10.0. The summed E-state index contributed by atoms with van der Waals surface area (Å²) in [6.07, 6.45) is 0. The number of rotatable bonds is 2. The van der Waals surface area contributed by atoms with Crippen molar-refractivity contribution in [3.63, 3.8) is 0 Å². The largest absolute Gasteiger partial charge is 0.309 e. The van der Waals surface area contributed by atoms with E-state index < -0.39 is 0 Å². The van der Waals surface area contributed by atoms with Crippen molar-refractivity contribution in [1.82, 2.24) is 4.40 Å². The molecule has 29 heavy (non-hydrogen) atoms. The SMILES string of the molecule is [C-]#[N+]c1ccc2c3cccc4c5ccc(C#N)c(C(C)C)c5n(c2c1C(C)C)c43. The fourth-order valence-electron chi connectivity index (χ4n) is 5.03. The molecule has 0 aliphatic carbocycles. The molecule has 2 aromatic heterocycles. The van der Waals surface area contributed by atoms with E-state index in [9.17, 15) is 5.26 Å². The van der Waals surface area contributed by atoms with Gasteiger partial charge >= 0.3 is 0 Å². The molecule has 5 rings (SSSR count). The molecule has 0 aliphatic rings. The minimum absolute atomic E-state index is 0.216. The fraction of sp³-hybridized carbons (Fsp3) is 0.231. The van der Waals surface area contributed by atoms with E-state index in [1.165, 1.54) is 27.1 Å². The van der Waals surface area contributed by atoms with Crippen LogP contribution in [-0.2, 0) is 0 Å². The van der Waals surface area contributed by atoms with Crippen molar-refractivity contribution >= 4 is 43.8 Å². The molecule has 140 valence electrons. The molecule has 0 aliphatic heterocycles. The van der Waals surface area contributed by atoms with Crippen LogP contribution in [-0.4, -0.2) is 4.40 Å². The van der Waals surface area contributed by atoms with E-state index in [1.54, 1.807) is 0 Å². The summed E-state index contributed by atoms with van der Waals surface area (Å²) in [7, 11) is 0. The average Bonchev–Trinajstić information content (AvgIpc) is 3.23. The van der Waals surface area contributed by atoms with Gasteiger partial charge in [-0.15, -0.1) is 0 Å². The number of nitriles is 1. The van der Waals surface area contributed by atoms with Crippen LogP contribution in [0.1, 0.15) is 56.2 Å². The highest BCUT2D eigenvalue weighted by molar-refractivity contribution is 6.24. The van der Waals surface area contributed by atoms with Crippen molar-refractivity contribution in [3.05, 3.63) is 70.6 Å². The Balaban J connectivity index is 2.22. The van der Waals surface area contributed by atoms with E-state index in [1.807, 2.05) is 12.1 Å². The Kier molecular flexibility index (Phi) is 3.61. The van der Waals surface area contributed by atoms with Crippen molar-refractivity contribution in [2.24, 2.45) is 0 Å². The monoisotopic (exact) mass is 375 g/mol. The maximum absolute atomic E-state index is 9.80. The van der Waals surface area contributed by atoms with Crippen molar-refractivity contribution in [3.8, 4) is 6.07 Å². The van der Waals surface area contributed by atoms with Gasteiger partial charge in [0, 0.05) is 27.1 Å². The van der Waals surface area contributed by atoms with E-state index in [4.69, 9.17) is 6.57 Å². The molecule has 2 heterocycles. The van der Waals surface area contributed by atoms with Gasteiger partial charge in [-0.1, -0.05) is 64.1 Å². The summed E-state index contributed by atoms with van der Waals surface area (Å²) in [5.74, 6) is 0.436. The minimum atomic E-state index is 0.216. The molecule has 3 nitrogen and oxygen atoms in total. The van der Waals surface area contributed by atoms with Gasteiger partial charge in [0.15, 0.2) is 5.69 Å². The highest BCUT2D eigenvalue weighted by Crippen LogP contribution is 2.45.